The van der Waals surface area contributed by atoms with E-state index in [4.69, 9.17) is 0 Å². The van der Waals surface area contributed by atoms with Crippen molar-refractivity contribution >= 4 is 50.6 Å². The summed E-state index contributed by atoms with van der Waals surface area (Å²) in [7, 11) is -2.82. The van der Waals surface area contributed by atoms with E-state index in [0.717, 1.165) is 38.6 Å². The third kappa shape index (κ3) is 4.55. The van der Waals surface area contributed by atoms with Crippen LogP contribution in [0, 0.1) is 22.7 Å². The zero-order valence-electron chi connectivity index (χ0n) is 26.1. The lowest BCUT2D eigenvalue weighted by atomic mass is 10.0. The monoisotopic (exact) mass is 627 g/mol. The van der Waals surface area contributed by atoms with Gasteiger partial charge in [-0.05, 0) is 68.3 Å². The minimum absolute atomic E-state index is 0.584. The first kappa shape index (κ1) is 29.0. The molecule has 0 aliphatic carbocycles. The third-order valence-corrected chi connectivity index (χ3v) is 14.3. The Morgan fingerprint density at radius 2 is 1.02 bits per heavy atom. The molecule has 0 spiro atoms. The molecule has 0 bridgehead atoms. The van der Waals surface area contributed by atoms with Crippen molar-refractivity contribution in [2.75, 3.05) is 0 Å². The van der Waals surface area contributed by atoms with Gasteiger partial charge in [-0.2, -0.15) is 10.5 Å². The second-order valence-electron chi connectivity index (χ2n) is 11.9. The van der Waals surface area contributed by atoms with E-state index in [1.807, 2.05) is 36.4 Å². The molecule has 0 radical (unpaired) electrons. The number of aromatic nitrogens is 1. The Hall–Kier alpha value is -6.46. The van der Waals surface area contributed by atoms with Gasteiger partial charge in [0.05, 0.1) is 33.9 Å². The first-order valence-corrected chi connectivity index (χ1v) is 18.0. The molecular formula is C44H29N3Si. The van der Waals surface area contributed by atoms with Gasteiger partial charge in [0.25, 0.3) is 0 Å². The van der Waals surface area contributed by atoms with E-state index < -0.39 is 8.07 Å². The molecular weight excluding hydrogens is 599 g/mol. The number of hydrogen-bond acceptors (Lipinski definition) is 2. The smallest absolute Gasteiger partial charge is 0.180 e. The predicted octanol–water partition coefficient (Wildman–Crippen LogP) is 7.57. The zero-order chi connectivity index (χ0) is 32.5. The number of benzene rings is 7. The lowest BCUT2D eigenvalue weighted by Crippen LogP contribution is -2.75. The van der Waals surface area contributed by atoms with Crippen molar-refractivity contribution < 1.29 is 0 Å². The number of rotatable bonds is 6. The number of nitriles is 2. The number of fused-ring (bicyclic) bond motifs is 3. The summed E-state index contributed by atoms with van der Waals surface area (Å²) in [5.41, 5.74) is 6.08. The molecule has 0 amide bonds. The third-order valence-electron chi connectivity index (χ3n) is 9.42. The van der Waals surface area contributed by atoms with Gasteiger partial charge in [-0.25, -0.2) is 0 Å². The Kier molecular flexibility index (Phi) is 7.27. The molecule has 4 heteroatoms. The maximum absolute atomic E-state index is 10.7. The molecule has 8 aromatic rings. The molecule has 0 atom stereocenters. The Labute approximate surface area is 280 Å². The molecule has 8 rings (SSSR count). The van der Waals surface area contributed by atoms with Crippen LogP contribution in [0.1, 0.15) is 11.1 Å². The van der Waals surface area contributed by atoms with Crippen molar-refractivity contribution in [2.24, 2.45) is 0 Å². The summed E-state index contributed by atoms with van der Waals surface area (Å²) in [5, 5.41) is 27.5. The molecule has 0 saturated carbocycles. The highest BCUT2D eigenvalue weighted by atomic mass is 28.3. The summed E-state index contributed by atoms with van der Waals surface area (Å²) >= 11 is 0. The van der Waals surface area contributed by atoms with E-state index in [2.05, 4.69) is 156 Å². The van der Waals surface area contributed by atoms with Gasteiger partial charge in [-0.15, -0.1) is 0 Å². The SMILES string of the molecule is N#Cc1ccc2c(c1)c1ccccc1n2-c1ccc(-c2ccccc2[Si](c2ccccc2)(c2ccccc2)c2ccccc2)cc1C#N. The van der Waals surface area contributed by atoms with Crippen LogP contribution in [0.4, 0.5) is 0 Å². The van der Waals surface area contributed by atoms with E-state index >= 15 is 0 Å². The lowest BCUT2D eigenvalue weighted by Gasteiger charge is -2.36. The van der Waals surface area contributed by atoms with Crippen LogP contribution in [-0.4, -0.2) is 12.6 Å². The van der Waals surface area contributed by atoms with Gasteiger partial charge in [0.2, 0.25) is 0 Å². The Balaban J connectivity index is 1.39. The Morgan fingerprint density at radius 3 is 1.65 bits per heavy atom. The minimum atomic E-state index is -2.82. The van der Waals surface area contributed by atoms with E-state index in [-0.39, 0.29) is 0 Å². The van der Waals surface area contributed by atoms with Gasteiger partial charge in [-0.3, -0.25) is 0 Å². The van der Waals surface area contributed by atoms with Crippen LogP contribution in [0.5, 0.6) is 0 Å². The number of para-hydroxylation sites is 1. The van der Waals surface area contributed by atoms with Crippen molar-refractivity contribution in [1.29, 1.82) is 10.5 Å². The summed E-state index contributed by atoms with van der Waals surface area (Å²) in [6.45, 7) is 0. The van der Waals surface area contributed by atoms with Crippen molar-refractivity contribution in [3.8, 4) is 29.0 Å². The molecule has 0 fully saturated rings. The van der Waals surface area contributed by atoms with Crippen LogP contribution in [0.25, 0.3) is 38.6 Å². The molecule has 1 heterocycles. The maximum Gasteiger partial charge on any atom is 0.180 e. The summed E-state index contributed by atoms with van der Waals surface area (Å²) in [6, 6.07) is 66.4. The summed E-state index contributed by atoms with van der Waals surface area (Å²) in [5.74, 6) is 0. The average Bonchev–Trinajstić information content (AvgIpc) is 3.50. The van der Waals surface area contributed by atoms with Gasteiger partial charge >= 0.3 is 0 Å². The largest absolute Gasteiger partial charge is 0.308 e. The Morgan fingerprint density at radius 1 is 0.458 bits per heavy atom. The van der Waals surface area contributed by atoms with Gasteiger partial charge < -0.3 is 4.57 Å². The standard InChI is InChI=1S/C44H29N3Si/c45-30-32-24-26-43-40(28-32)39-21-10-12-22-42(39)47(43)41-27-25-33(29-34(41)31-46)38-20-11-13-23-44(38)48(35-14-4-1-5-15-35,36-16-6-2-7-17-36)37-18-8-3-9-19-37/h1-29H. The first-order valence-electron chi connectivity index (χ1n) is 16.0. The van der Waals surface area contributed by atoms with Gasteiger partial charge in [0.1, 0.15) is 6.07 Å². The van der Waals surface area contributed by atoms with Gasteiger partial charge in [0, 0.05) is 10.8 Å². The number of nitrogens with zero attached hydrogens (tertiary/aromatic N) is 3. The normalized spacial score (nSPS) is 11.3. The van der Waals surface area contributed by atoms with E-state index in [9.17, 15) is 10.5 Å². The molecule has 7 aromatic carbocycles. The van der Waals surface area contributed by atoms with Crippen LogP contribution in [-0.2, 0) is 0 Å². The molecule has 0 saturated heterocycles. The quantitative estimate of drug-likeness (QED) is 0.141. The van der Waals surface area contributed by atoms with Crippen LogP contribution < -0.4 is 20.7 Å². The lowest BCUT2D eigenvalue weighted by molar-refractivity contribution is 1.17. The fourth-order valence-corrected chi connectivity index (χ4v) is 12.4. The predicted molar refractivity (Wildman–Crippen MR) is 199 cm³/mol. The highest BCUT2D eigenvalue weighted by Crippen LogP contribution is 2.35. The zero-order valence-corrected chi connectivity index (χ0v) is 27.1. The maximum atomic E-state index is 10.7. The van der Waals surface area contributed by atoms with Crippen LogP contribution in [0.3, 0.4) is 0 Å². The number of hydrogen-bond donors (Lipinski definition) is 0. The molecule has 1 aromatic heterocycles. The van der Waals surface area contributed by atoms with Crippen molar-refractivity contribution in [1.82, 2.24) is 4.57 Å². The van der Waals surface area contributed by atoms with Gasteiger partial charge in [-0.1, -0.05) is 140 Å². The fourth-order valence-electron chi connectivity index (χ4n) is 7.38. The van der Waals surface area contributed by atoms with Crippen LogP contribution >= 0.6 is 0 Å². The molecule has 0 aliphatic heterocycles. The molecule has 48 heavy (non-hydrogen) atoms. The molecule has 0 unspecified atom stereocenters. The topological polar surface area (TPSA) is 52.5 Å². The summed E-state index contributed by atoms with van der Waals surface area (Å²) in [4.78, 5) is 0. The average molecular weight is 628 g/mol. The van der Waals surface area contributed by atoms with Gasteiger partial charge in [0.15, 0.2) is 8.07 Å². The fraction of sp³-hybridized carbons (Fsp3) is 0. The molecule has 0 N–H and O–H groups in total. The second kappa shape index (κ2) is 12.0. The Bertz CT molecular complexity index is 2430. The highest BCUT2D eigenvalue weighted by Gasteiger charge is 2.42. The second-order valence-corrected chi connectivity index (χ2v) is 15.7. The minimum Gasteiger partial charge on any atom is -0.308 e. The molecule has 3 nitrogen and oxygen atoms in total. The van der Waals surface area contributed by atoms with Crippen molar-refractivity contribution in [3.05, 3.63) is 187 Å². The van der Waals surface area contributed by atoms with Crippen molar-refractivity contribution in [3.63, 3.8) is 0 Å². The van der Waals surface area contributed by atoms with E-state index in [1.165, 1.54) is 20.7 Å². The van der Waals surface area contributed by atoms with Crippen LogP contribution in [0.15, 0.2) is 176 Å². The molecule has 224 valence electrons. The van der Waals surface area contributed by atoms with E-state index in [0.29, 0.717) is 11.1 Å². The summed E-state index contributed by atoms with van der Waals surface area (Å²) in [6.07, 6.45) is 0. The first-order chi connectivity index (χ1) is 23.7. The molecule has 0 aliphatic rings. The van der Waals surface area contributed by atoms with E-state index in [1.54, 1.807) is 0 Å². The summed E-state index contributed by atoms with van der Waals surface area (Å²) < 4.78 is 2.15. The van der Waals surface area contributed by atoms with Crippen molar-refractivity contribution in [2.45, 2.75) is 0 Å². The highest BCUT2D eigenvalue weighted by molar-refractivity contribution is 7.20. The van der Waals surface area contributed by atoms with Crippen LogP contribution in [0.2, 0.25) is 0 Å².